The van der Waals surface area contributed by atoms with Gasteiger partial charge in [0.05, 0.1) is 11.1 Å². The van der Waals surface area contributed by atoms with Gasteiger partial charge in [-0.25, -0.2) is 0 Å². The third-order valence-corrected chi connectivity index (χ3v) is 3.71. The molecule has 2 nitrogen and oxygen atoms in total. The van der Waals surface area contributed by atoms with Crippen molar-refractivity contribution in [1.29, 1.82) is 0 Å². The predicted molar refractivity (Wildman–Crippen MR) is 63.3 cm³/mol. The summed E-state index contributed by atoms with van der Waals surface area (Å²) in [5, 5.41) is 4.66. The molecule has 0 bridgehead atoms. The lowest BCUT2D eigenvalue weighted by atomic mass is 9.85. The zero-order chi connectivity index (χ0) is 11.0. The number of hydrogen-bond donors (Lipinski definition) is 0. The average Bonchev–Trinajstić information content (AvgIpc) is 2.34. The van der Waals surface area contributed by atoms with Crippen LogP contribution in [0.25, 0.3) is 0 Å². The topological polar surface area (TPSA) is 17.8 Å². The van der Waals surface area contributed by atoms with E-state index in [1.165, 1.54) is 30.5 Å². The van der Waals surface area contributed by atoms with E-state index in [9.17, 15) is 0 Å². The molecule has 1 saturated carbocycles. The fourth-order valence-electron chi connectivity index (χ4n) is 2.38. The molecule has 3 heteroatoms. The van der Waals surface area contributed by atoms with Gasteiger partial charge in [0.25, 0.3) is 0 Å². The second-order valence-electron chi connectivity index (χ2n) is 4.68. The Hall–Kier alpha value is -0.500. The zero-order valence-corrected chi connectivity index (χ0v) is 10.5. The first kappa shape index (κ1) is 11.0. The molecule has 0 aliphatic heterocycles. The zero-order valence-electron chi connectivity index (χ0n) is 9.76. The van der Waals surface area contributed by atoms with E-state index in [0.717, 1.165) is 18.2 Å². The summed E-state index contributed by atoms with van der Waals surface area (Å²) >= 11 is 6.16. The summed E-state index contributed by atoms with van der Waals surface area (Å²) in [6, 6.07) is 0. The normalized spacial score (nSPS) is 18.9. The van der Waals surface area contributed by atoms with E-state index < -0.39 is 0 Å². The van der Waals surface area contributed by atoms with Crippen LogP contribution < -0.4 is 0 Å². The first-order chi connectivity index (χ1) is 7.09. The van der Waals surface area contributed by atoms with Crippen molar-refractivity contribution in [3.05, 3.63) is 17.0 Å². The summed E-state index contributed by atoms with van der Waals surface area (Å²) in [5.41, 5.74) is 3.56. The number of aromatic nitrogens is 2. The van der Waals surface area contributed by atoms with Crippen LogP contribution in [0.5, 0.6) is 0 Å². The van der Waals surface area contributed by atoms with Crippen molar-refractivity contribution < 1.29 is 0 Å². The Kier molecular flexibility index (Phi) is 3.06. The van der Waals surface area contributed by atoms with E-state index in [4.69, 9.17) is 11.6 Å². The third kappa shape index (κ3) is 2.05. The molecule has 1 aromatic heterocycles. The molecule has 1 aromatic rings. The van der Waals surface area contributed by atoms with Crippen LogP contribution in [-0.4, -0.2) is 9.78 Å². The SMILES string of the molecule is Cc1nn(CC2CCC2)c(C)c1C(C)Cl. The number of rotatable bonds is 3. The first-order valence-corrected chi connectivity index (χ1v) is 6.21. The molecule has 2 rings (SSSR count). The highest BCUT2D eigenvalue weighted by atomic mass is 35.5. The lowest BCUT2D eigenvalue weighted by Gasteiger charge is -2.25. The van der Waals surface area contributed by atoms with E-state index in [0.29, 0.717) is 0 Å². The van der Waals surface area contributed by atoms with Gasteiger partial charge < -0.3 is 0 Å². The van der Waals surface area contributed by atoms with Gasteiger partial charge >= 0.3 is 0 Å². The molecule has 0 radical (unpaired) electrons. The quantitative estimate of drug-likeness (QED) is 0.721. The van der Waals surface area contributed by atoms with Crippen LogP contribution in [0, 0.1) is 19.8 Å². The van der Waals surface area contributed by atoms with Gasteiger partial charge in [-0.3, -0.25) is 4.68 Å². The summed E-state index contributed by atoms with van der Waals surface area (Å²) < 4.78 is 2.15. The van der Waals surface area contributed by atoms with Crippen molar-refractivity contribution in [3.8, 4) is 0 Å². The number of aryl methyl sites for hydroxylation is 1. The Labute approximate surface area is 96.6 Å². The van der Waals surface area contributed by atoms with E-state index in [-0.39, 0.29) is 5.38 Å². The smallest absolute Gasteiger partial charge is 0.0643 e. The van der Waals surface area contributed by atoms with Crippen molar-refractivity contribution >= 4 is 11.6 Å². The van der Waals surface area contributed by atoms with Gasteiger partial charge in [-0.05, 0) is 39.5 Å². The van der Waals surface area contributed by atoms with Crippen molar-refractivity contribution in [2.24, 2.45) is 5.92 Å². The van der Waals surface area contributed by atoms with Gasteiger partial charge in [-0.2, -0.15) is 5.10 Å². The van der Waals surface area contributed by atoms with E-state index in [1.807, 2.05) is 6.92 Å². The van der Waals surface area contributed by atoms with Gasteiger partial charge in [0.1, 0.15) is 0 Å². The highest BCUT2D eigenvalue weighted by Crippen LogP contribution is 2.31. The number of hydrogen-bond acceptors (Lipinski definition) is 1. The highest BCUT2D eigenvalue weighted by molar-refractivity contribution is 6.20. The third-order valence-electron chi connectivity index (χ3n) is 3.49. The maximum atomic E-state index is 6.16. The summed E-state index contributed by atoms with van der Waals surface area (Å²) in [4.78, 5) is 0. The molecular formula is C12H19ClN2. The Morgan fingerprint density at radius 2 is 2.13 bits per heavy atom. The van der Waals surface area contributed by atoms with Crippen LogP contribution in [0.15, 0.2) is 0 Å². The van der Waals surface area contributed by atoms with E-state index in [2.05, 4.69) is 23.6 Å². The Bertz CT molecular complexity index is 351. The minimum atomic E-state index is 0.0696. The van der Waals surface area contributed by atoms with Crippen LogP contribution in [0.4, 0.5) is 0 Å². The molecule has 84 valence electrons. The highest BCUT2D eigenvalue weighted by Gasteiger charge is 2.21. The predicted octanol–water partition coefficient (Wildman–Crippen LogP) is 3.60. The van der Waals surface area contributed by atoms with Gasteiger partial charge in [-0.15, -0.1) is 11.6 Å². The minimum absolute atomic E-state index is 0.0696. The van der Waals surface area contributed by atoms with Crippen molar-refractivity contribution in [1.82, 2.24) is 9.78 Å². The molecule has 15 heavy (non-hydrogen) atoms. The summed E-state index contributed by atoms with van der Waals surface area (Å²) in [7, 11) is 0. The fourth-order valence-corrected chi connectivity index (χ4v) is 2.70. The van der Waals surface area contributed by atoms with Crippen LogP contribution in [0.3, 0.4) is 0 Å². The summed E-state index contributed by atoms with van der Waals surface area (Å²) in [6.07, 6.45) is 4.12. The van der Waals surface area contributed by atoms with Crippen LogP contribution in [0.2, 0.25) is 0 Å². The summed E-state index contributed by atoms with van der Waals surface area (Å²) in [6.45, 7) is 7.29. The van der Waals surface area contributed by atoms with E-state index >= 15 is 0 Å². The second kappa shape index (κ2) is 4.17. The lowest BCUT2D eigenvalue weighted by molar-refractivity contribution is 0.264. The fraction of sp³-hybridized carbons (Fsp3) is 0.750. The first-order valence-electron chi connectivity index (χ1n) is 5.77. The molecule has 0 spiro atoms. The monoisotopic (exact) mass is 226 g/mol. The van der Waals surface area contributed by atoms with E-state index in [1.54, 1.807) is 0 Å². The van der Waals surface area contributed by atoms with Crippen molar-refractivity contribution in [2.45, 2.75) is 52.0 Å². The molecule has 1 aliphatic carbocycles. The maximum absolute atomic E-state index is 6.16. The average molecular weight is 227 g/mol. The molecule has 0 aromatic carbocycles. The standard InChI is InChI=1S/C12H19ClN2/c1-8(13)12-9(2)14-15(10(12)3)7-11-5-4-6-11/h8,11H,4-7H2,1-3H3. The Balaban J connectivity index is 2.20. The Morgan fingerprint density at radius 3 is 2.53 bits per heavy atom. The number of halogens is 1. The molecular weight excluding hydrogens is 208 g/mol. The molecule has 1 fully saturated rings. The molecule has 0 amide bonds. The molecule has 1 atom stereocenters. The van der Waals surface area contributed by atoms with Gasteiger partial charge in [0, 0.05) is 17.8 Å². The maximum Gasteiger partial charge on any atom is 0.0643 e. The molecule has 1 heterocycles. The molecule has 0 N–H and O–H groups in total. The van der Waals surface area contributed by atoms with Crippen LogP contribution >= 0.6 is 11.6 Å². The number of alkyl halides is 1. The van der Waals surface area contributed by atoms with Crippen molar-refractivity contribution in [3.63, 3.8) is 0 Å². The van der Waals surface area contributed by atoms with Gasteiger partial charge in [0.2, 0.25) is 0 Å². The van der Waals surface area contributed by atoms with Crippen molar-refractivity contribution in [2.75, 3.05) is 0 Å². The van der Waals surface area contributed by atoms with Gasteiger partial charge in [0.15, 0.2) is 0 Å². The Morgan fingerprint density at radius 1 is 1.47 bits per heavy atom. The largest absolute Gasteiger partial charge is 0.269 e. The number of nitrogens with zero attached hydrogens (tertiary/aromatic N) is 2. The molecule has 0 saturated heterocycles. The summed E-state index contributed by atoms with van der Waals surface area (Å²) in [5.74, 6) is 0.849. The lowest BCUT2D eigenvalue weighted by Crippen LogP contribution is -2.19. The van der Waals surface area contributed by atoms with Gasteiger partial charge in [-0.1, -0.05) is 6.42 Å². The molecule has 1 unspecified atom stereocenters. The van der Waals surface area contributed by atoms with Crippen LogP contribution in [-0.2, 0) is 6.54 Å². The molecule has 1 aliphatic rings. The van der Waals surface area contributed by atoms with Crippen LogP contribution in [0.1, 0.15) is 48.5 Å². The second-order valence-corrected chi connectivity index (χ2v) is 5.33. The minimum Gasteiger partial charge on any atom is -0.269 e.